The molecule has 0 unspecified atom stereocenters. The van der Waals surface area contributed by atoms with Gasteiger partial charge in [0.05, 0.1) is 43.6 Å². The first kappa shape index (κ1) is 20.4. The van der Waals surface area contributed by atoms with Crippen LogP contribution in [0.2, 0.25) is 0 Å². The number of hydrogen-bond donors (Lipinski definition) is 1. The number of oxime groups is 1. The largest absolute Gasteiger partial charge is 0.496 e. The monoisotopic (exact) mass is 393 g/mol. The highest BCUT2D eigenvalue weighted by molar-refractivity contribution is 6.01. The minimum Gasteiger partial charge on any atom is -0.496 e. The first-order chi connectivity index (χ1) is 14.0. The lowest BCUT2D eigenvalue weighted by molar-refractivity contribution is 0.0680. The summed E-state index contributed by atoms with van der Waals surface area (Å²) in [5, 5.41) is 22.9. The van der Waals surface area contributed by atoms with Gasteiger partial charge in [0, 0.05) is 17.5 Å². The van der Waals surface area contributed by atoms with Crippen LogP contribution in [0.15, 0.2) is 41.6 Å². The number of nitriles is 1. The number of methoxy groups -OCH3 is 1. The fourth-order valence-corrected chi connectivity index (χ4v) is 3.63. The smallest absolute Gasteiger partial charge is 0.254 e. The third-order valence-corrected chi connectivity index (χ3v) is 5.15. The summed E-state index contributed by atoms with van der Waals surface area (Å²) in [7, 11) is 3.00. The molecule has 3 rings (SSSR count). The van der Waals surface area contributed by atoms with Crippen LogP contribution in [0, 0.1) is 18.3 Å². The lowest BCUT2D eigenvalue weighted by Gasteiger charge is -2.23. The Morgan fingerprint density at radius 1 is 1.31 bits per heavy atom. The Hall–Kier alpha value is -3.37. The van der Waals surface area contributed by atoms with Gasteiger partial charge < -0.3 is 19.6 Å². The summed E-state index contributed by atoms with van der Waals surface area (Å²) in [6, 6.07) is 12.6. The first-order valence-corrected chi connectivity index (χ1v) is 9.22. The Morgan fingerprint density at radius 3 is 2.76 bits per heavy atom. The summed E-state index contributed by atoms with van der Waals surface area (Å²) in [6.07, 6.45) is 0.478. The summed E-state index contributed by atoms with van der Waals surface area (Å²) in [5.74, 6) is 0.331. The van der Waals surface area contributed by atoms with Crippen molar-refractivity contribution in [1.29, 1.82) is 5.26 Å². The number of likely N-dealkylation sites (tertiary alicyclic amines) is 1. The number of amides is 1. The normalized spacial score (nSPS) is 17.3. The molecule has 7 nitrogen and oxygen atoms in total. The van der Waals surface area contributed by atoms with Crippen molar-refractivity contribution in [2.75, 3.05) is 27.4 Å². The summed E-state index contributed by atoms with van der Waals surface area (Å²) in [6.45, 7) is 2.05. The molecule has 7 heteroatoms. The quantitative estimate of drug-likeness (QED) is 0.788. The molecule has 1 atom stereocenters. The molecule has 1 N–H and O–H groups in total. The average Bonchev–Trinajstić information content (AvgIpc) is 3.16. The predicted octanol–water partition coefficient (Wildman–Crippen LogP) is 2.75. The third-order valence-electron chi connectivity index (χ3n) is 5.15. The Kier molecular flexibility index (Phi) is 6.15. The number of aliphatic hydroxyl groups excluding tert-OH is 1. The van der Waals surface area contributed by atoms with Crippen LogP contribution in [0.25, 0.3) is 11.1 Å². The maximum atomic E-state index is 13.1. The number of benzene rings is 2. The van der Waals surface area contributed by atoms with Crippen molar-refractivity contribution in [3.8, 4) is 22.9 Å². The summed E-state index contributed by atoms with van der Waals surface area (Å²) < 4.78 is 5.55. The van der Waals surface area contributed by atoms with E-state index in [1.54, 1.807) is 30.2 Å². The van der Waals surface area contributed by atoms with Gasteiger partial charge in [-0.2, -0.15) is 5.26 Å². The predicted molar refractivity (Wildman–Crippen MR) is 109 cm³/mol. The molecule has 0 radical (unpaired) electrons. The fraction of sp³-hybridized carbons (Fsp3) is 0.318. The molecule has 1 saturated heterocycles. The average molecular weight is 393 g/mol. The van der Waals surface area contributed by atoms with E-state index in [-0.39, 0.29) is 18.6 Å². The van der Waals surface area contributed by atoms with Crippen LogP contribution in [-0.2, 0) is 4.84 Å². The van der Waals surface area contributed by atoms with Crippen molar-refractivity contribution < 1.29 is 19.5 Å². The maximum Gasteiger partial charge on any atom is 0.254 e. The second-order valence-corrected chi connectivity index (χ2v) is 6.82. The van der Waals surface area contributed by atoms with Gasteiger partial charge in [-0.15, -0.1) is 0 Å². The topological polar surface area (TPSA) is 95.2 Å². The molecule has 0 aromatic heterocycles. The molecule has 1 fully saturated rings. The lowest BCUT2D eigenvalue weighted by Crippen LogP contribution is -2.37. The van der Waals surface area contributed by atoms with E-state index < -0.39 is 0 Å². The Morgan fingerprint density at radius 2 is 2.10 bits per heavy atom. The van der Waals surface area contributed by atoms with Gasteiger partial charge in [0.25, 0.3) is 5.91 Å². The van der Waals surface area contributed by atoms with E-state index in [9.17, 15) is 15.2 Å². The van der Waals surface area contributed by atoms with Crippen LogP contribution in [0.5, 0.6) is 5.75 Å². The number of ether oxygens (including phenoxy) is 1. The number of hydrogen-bond acceptors (Lipinski definition) is 6. The van der Waals surface area contributed by atoms with E-state index in [4.69, 9.17) is 9.57 Å². The van der Waals surface area contributed by atoms with Gasteiger partial charge in [0.2, 0.25) is 0 Å². The van der Waals surface area contributed by atoms with Gasteiger partial charge in [-0.1, -0.05) is 17.3 Å². The first-order valence-electron chi connectivity index (χ1n) is 9.22. The van der Waals surface area contributed by atoms with Crippen molar-refractivity contribution in [3.63, 3.8) is 0 Å². The van der Waals surface area contributed by atoms with Gasteiger partial charge in [0.15, 0.2) is 0 Å². The Balaban J connectivity index is 1.96. The molecule has 0 aliphatic carbocycles. The van der Waals surface area contributed by atoms with E-state index in [1.165, 1.54) is 7.11 Å². The molecule has 1 heterocycles. The van der Waals surface area contributed by atoms with Gasteiger partial charge in [0.1, 0.15) is 12.9 Å². The minimum atomic E-state index is -0.336. The Labute approximate surface area is 169 Å². The van der Waals surface area contributed by atoms with Crippen LogP contribution < -0.4 is 4.74 Å². The molecule has 1 aliphatic heterocycles. The lowest BCUT2D eigenvalue weighted by atomic mass is 9.95. The molecule has 2 aromatic rings. The fourth-order valence-electron chi connectivity index (χ4n) is 3.63. The highest BCUT2D eigenvalue weighted by Crippen LogP contribution is 2.34. The standard InChI is InChI=1S/C22H23N3O4/c1-14-16(11-23)5-4-6-19(14)20-8-7-15(9-21(20)28-2)22(27)25-12-17(24-29-3)10-18(25)13-26/h4-9,18,26H,10,12-13H2,1-3H3/b24-17-/t18-/m0/s1. The second-order valence-electron chi connectivity index (χ2n) is 6.82. The van der Waals surface area contributed by atoms with E-state index in [0.717, 1.165) is 16.7 Å². The van der Waals surface area contributed by atoms with Crippen molar-refractivity contribution in [3.05, 3.63) is 53.1 Å². The van der Waals surface area contributed by atoms with Crippen LogP contribution in [0.1, 0.15) is 27.9 Å². The highest BCUT2D eigenvalue weighted by Gasteiger charge is 2.33. The van der Waals surface area contributed by atoms with Gasteiger partial charge in [-0.3, -0.25) is 4.79 Å². The Bertz CT molecular complexity index is 994. The minimum absolute atomic E-state index is 0.149. The molecule has 0 spiro atoms. The zero-order valence-electron chi connectivity index (χ0n) is 16.7. The van der Waals surface area contributed by atoms with Crippen LogP contribution in [0.3, 0.4) is 0 Å². The van der Waals surface area contributed by atoms with Crippen molar-refractivity contribution in [2.24, 2.45) is 5.16 Å². The zero-order chi connectivity index (χ0) is 21.0. The molecule has 2 aromatic carbocycles. The molecule has 150 valence electrons. The van der Waals surface area contributed by atoms with Crippen LogP contribution in [0.4, 0.5) is 0 Å². The molecule has 0 saturated carbocycles. The number of aliphatic hydroxyl groups is 1. The van der Waals surface area contributed by atoms with Crippen molar-refractivity contribution in [1.82, 2.24) is 4.90 Å². The van der Waals surface area contributed by atoms with E-state index in [0.29, 0.717) is 35.6 Å². The number of nitrogens with zero attached hydrogens (tertiary/aromatic N) is 3. The van der Waals surface area contributed by atoms with Gasteiger partial charge in [-0.25, -0.2) is 0 Å². The maximum absolute atomic E-state index is 13.1. The van der Waals surface area contributed by atoms with Crippen molar-refractivity contribution >= 4 is 11.6 Å². The summed E-state index contributed by atoms with van der Waals surface area (Å²) >= 11 is 0. The van der Waals surface area contributed by atoms with Gasteiger partial charge >= 0.3 is 0 Å². The number of carbonyl (C=O) groups is 1. The molecular formula is C22H23N3O4. The number of rotatable bonds is 5. The summed E-state index contributed by atoms with van der Waals surface area (Å²) in [4.78, 5) is 19.5. The molecular weight excluding hydrogens is 370 g/mol. The molecule has 0 bridgehead atoms. The zero-order valence-corrected chi connectivity index (χ0v) is 16.7. The van der Waals surface area contributed by atoms with Crippen LogP contribution in [-0.4, -0.2) is 55.0 Å². The van der Waals surface area contributed by atoms with E-state index >= 15 is 0 Å². The van der Waals surface area contributed by atoms with E-state index in [2.05, 4.69) is 11.2 Å². The number of carbonyl (C=O) groups excluding carboxylic acids is 1. The third kappa shape index (κ3) is 3.93. The second kappa shape index (κ2) is 8.76. The van der Waals surface area contributed by atoms with E-state index in [1.807, 2.05) is 25.1 Å². The van der Waals surface area contributed by atoms with Crippen molar-refractivity contribution in [2.45, 2.75) is 19.4 Å². The molecule has 1 aliphatic rings. The van der Waals surface area contributed by atoms with Gasteiger partial charge in [-0.05, 0) is 42.3 Å². The van der Waals surface area contributed by atoms with Crippen LogP contribution >= 0.6 is 0 Å². The molecule has 1 amide bonds. The molecule has 29 heavy (non-hydrogen) atoms. The highest BCUT2D eigenvalue weighted by atomic mass is 16.6. The summed E-state index contributed by atoms with van der Waals surface area (Å²) in [5.41, 5.74) is 4.30. The SMILES string of the molecule is CO/N=C1/C[C@@H](CO)N(C(=O)c2ccc(-c3cccc(C#N)c3C)c(OC)c2)C1.